The lowest BCUT2D eigenvalue weighted by Crippen LogP contribution is -2.23. The summed E-state index contributed by atoms with van der Waals surface area (Å²) in [6.07, 6.45) is 0.715. The first-order valence-corrected chi connectivity index (χ1v) is 7.44. The zero-order valence-electron chi connectivity index (χ0n) is 12.2. The maximum Gasteiger partial charge on any atom is 0.262 e. The van der Waals surface area contributed by atoms with E-state index in [0.29, 0.717) is 23.1 Å². The molecule has 0 atom stereocenters. The van der Waals surface area contributed by atoms with Crippen molar-refractivity contribution in [2.45, 2.75) is 13.0 Å². The quantitative estimate of drug-likeness (QED) is 0.752. The molecule has 0 radical (unpaired) electrons. The molecule has 22 heavy (non-hydrogen) atoms. The number of aromatic nitrogens is 2. The Labute approximate surface area is 133 Å². The summed E-state index contributed by atoms with van der Waals surface area (Å²) in [5.41, 5.74) is 1.83. The van der Waals surface area contributed by atoms with Crippen LogP contribution in [0.1, 0.15) is 5.56 Å². The van der Waals surface area contributed by atoms with Gasteiger partial charge < -0.3 is 9.72 Å². The minimum Gasteiger partial charge on any atom is -0.497 e. The van der Waals surface area contributed by atoms with Crippen LogP contribution < -0.4 is 10.3 Å². The molecule has 0 fully saturated rings. The molecule has 0 saturated heterocycles. The Morgan fingerprint density at radius 3 is 2.82 bits per heavy atom. The van der Waals surface area contributed by atoms with E-state index in [9.17, 15) is 4.79 Å². The molecule has 0 aliphatic carbocycles. The predicted molar refractivity (Wildman–Crippen MR) is 90.1 cm³/mol. The molecule has 5 heteroatoms. The summed E-state index contributed by atoms with van der Waals surface area (Å²) in [6.45, 7) is 0.534. The van der Waals surface area contributed by atoms with Crippen molar-refractivity contribution in [2.75, 3.05) is 7.11 Å². The first-order valence-electron chi connectivity index (χ1n) is 7.04. The second-order valence-corrected chi connectivity index (χ2v) is 5.42. The largest absolute Gasteiger partial charge is 0.497 e. The molecule has 0 bridgehead atoms. The summed E-state index contributed by atoms with van der Waals surface area (Å²) in [5.74, 6) is 0.813. The van der Waals surface area contributed by atoms with Crippen LogP contribution in [0.5, 0.6) is 5.75 Å². The summed E-state index contributed by atoms with van der Waals surface area (Å²) >= 11 is 5.31. The number of para-hydroxylation sites is 1. The summed E-state index contributed by atoms with van der Waals surface area (Å²) in [5, 5.41) is 0.654. The molecule has 0 saturated carbocycles. The third-order valence-corrected chi connectivity index (χ3v) is 3.97. The second kappa shape index (κ2) is 6.15. The van der Waals surface area contributed by atoms with E-state index in [0.717, 1.165) is 16.8 Å². The number of hydrogen-bond acceptors (Lipinski definition) is 3. The average molecular weight is 312 g/mol. The molecule has 0 unspecified atom stereocenters. The van der Waals surface area contributed by atoms with Crippen LogP contribution in [0.3, 0.4) is 0 Å². The SMILES string of the molecule is COc1cccc(CCn2c(=S)[nH]c3ccccc3c2=O)c1. The van der Waals surface area contributed by atoms with Crippen molar-refractivity contribution in [3.05, 3.63) is 69.2 Å². The van der Waals surface area contributed by atoms with E-state index >= 15 is 0 Å². The highest BCUT2D eigenvalue weighted by atomic mass is 32.1. The van der Waals surface area contributed by atoms with Crippen molar-refractivity contribution in [3.63, 3.8) is 0 Å². The average Bonchev–Trinajstić information content (AvgIpc) is 2.55. The minimum atomic E-state index is -0.0535. The van der Waals surface area contributed by atoms with Crippen LogP contribution in [-0.4, -0.2) is 16.7 Å². The number of nitrogens with zero attached hydrogens (tertiary/aromatic N) is 1. The Kier molecular flexibility index (Phi) is 4.06. The van der Waals surface area contributed by atoms with Crippen LogP contribution in [0.4, 0.5) is 0 Å². The van der Waals surface area contributed by atoms with E-state index in [-0.39, 0.29) is 5.56 Å². The van der Waals surface area contributed by atoms with Crippen molar-refractivity contribution in [1.82, 2.24) is 9.55 Å². The van der Waals surface area contributed by atoms with Gasteiger partial charge in [-0.1, -0.05) is 24.3 Å². The fourth-order valence-electron chi connectivity index (χ4n) is 2.47. The van der Waals surface area contributed by atoms with Gasteiger partial charge in [0.1, 0.15) is 5.75 Å². The number of rotatable bonds is 4. The number of aromatic amines is 1. The van der Waals surface area contributed by atoms with E-state index in [4.69, 9.17) is 17.0 Å². The van der Waals surface area contributed by atoms with Gasteiger partial charge in [0.2, 0.25) is 0 Å². The molecule has 0 aliphatic heterocycles. The maximum atomic E-state index is 12.5. The molecule has 2 aromatic carbocycles. The number of methoxy groups -OCH3 is 1. The number of nitrogens with one attached hydrogen (secondary N) is 1. The Balaban J connectivity index is 1.94. The van der Waals surface area contributed by atoms with Gasteiger partial charge in [0, 0.05) is 6.54 Å². The van der Waals surface area contributed by atoms with Gasteiger partial charge in [-0.15, -0.1) is 0 Å². The van der Waals surface area contributed by atoms with Crippen LogP contribution in [-0.2, 0) is 13.0 Å². The number of H-pyrrole nitrogens is 1. The molecule has 0 aliphatic rings. The Morgan fingerprint density at radius 2 is 2.00 bits per heavy atom. The van der Waals surface area contributed by atoms with Gasteiger partial charge in [-0.2, -0.15) is 0 Å². The lowest BCUT2D eigenvalue weighted by Gasteiger charge is -2.09. The summed E-state index contributed by atoms with van der Waals surface area (Å²) < 4.78 is 7.28. The van der Waals surface area contributed by atoms with Crippen molar-refractivity contribution in [2.24, 2.45) is 0 Å². The number of aryl methyl sites for hydroxylation is 1. The molecular formula is C17H16N2O2S. The summed E-state index contributed by atoms with van der Waals surface area (Å²) in [4.78, 5) is 15.7. The normalized spacial score (nSPS) is 10.8. The highest BCUT2D eigenvalue weighted by molar-refractivity contribution is 7.71. The van der Waals surface area contributed by atoms with Crippen LogP contribution >= 0.6 is 12.2 Å². The maximum absolute atomic E-state index is 12.5. The van der Waals surface area contributed by atoms with Crippen LogP contribution in [0.25, 0.3) is 10.9 Å². The zero-order chi connectivity index (χ0) is 15.5. The van der Waals surface area contributed by atoms with Gasteiger partial charge in [0.15, 0.2) is 4.77 Å². The molecule has 4 nitrogen and oxygen atoms in total. The standard InChI is InChI=1S/C17H16N2O2S/c1-21-13-6-4-5-12(11-13)9-10-19-16(20)14-7-2-3-8-15(14)18-17(19)22/h2-8,11H,9-10H2,1H3,(H,18,22). The third-order valence-electron chi connectivity index (χ3n) is 3.65. The first kappa shape index (κ1) is 14.5. The van der Waals surface area contributed by atoms with Crippen molar-refractivity contribution in [3.8, 4) is 5.75 Å². The Bertz CT molecular complexity index is 928. The zero-order valence-corrected chi connectivity index (χ0v) is 13.0. The first-order chi connectivity index (χ1) is 10.7. The monoisotopic (exact) mass is 312 g/mol. The van der Waals surface area contributed by atoms with E-state index in [1.165, 1.54) is 0 Å². The molecule has 1 aromatic heterocycles. The second-order valence-electron chi connectivity index (χ2n) is 5.03. The molecule has 1 heterocycles. The van der Waals surface area contributed by atoms with Gasteiger partial charge in [-0.05, 0) is 48.5 Å². The van der Waals surface area contributed by atoms with E-state index in [2.05, 4.69) is 4.98 Å². The third kappa shape index (κ3) is 2.80. The predicted octanol–water partition coefficient (Wildman–Crippen LogP) is 3.31. The number of hydrogen-bond donors (Lipinski definition) is 1. The highest BCUT2D eigenvalue weighted by Gasteiger charge is 2.05. The lowest BCUT2D eigenvalue weighted by molar-refractivity contribution is 0.414. The van der Waals surface area contributed by atoms with E-state index < -0.39 is 0 Å². The van der Waals surface area contributed by atoms with Gasteiger partial charge in [-0.25, -0.2) is 0 Å². The van der Waals surface area contributed by atoms with Crippen LogP contribution in [0, 0.1) is 4.77 Å². The molecule has 3 aromatic rings. The number of benzene rings is 2. The number of fused-ring (bicyclic) bond motifs is 1. The summed E-state index contributed by atoms with van der Waals surface area (Å²) in [7, 11) is 1.64. The highest BCUT2D eigenvalue weighted by Crippen LogP contribution is 2.13. The van der Waals surface area contributed by atoms with Gasteiger partial charge in [0.25, 0.3) is 5.56 Å². The van der Waals surface area contributed by atoms with E-state index in [1.54, 1.807) is 11.7 Å². The van der Waals surface area contributed by atoms with Gasteiger partial charge >= 0.3 is 0 Å². The smallest absolute Gasteiger partial charge is 0.262 e. The van der Waals surface area contributed by atoms with E-state index in [1.807, 2.05) is 48.5 Å². The van der Waals surface area contributed by atoms with Crippen LogP contribution in [0.2, 0.25) is 0 Å². The fraction of sp³-hybridized carbons (Fsp3) is 0.176. The molecule has 112 valence electrons. The molecule has 0 spiro atoms. The van der Waals surface area contributed by atoms with Gasteiger partial charge in [0.05, 0.1) is 18.0 Å². The van der Waals surface area contributed by atoms with Crippen molar-refractivity contribution >= 4 is 23.1 Å². The molecule has 1 N–H and O–H groups in total. The lowest BCUT2D eigenvalue weighted by atomic mass is 10.1. The molecule has 3 rings (SSSR count). The minimum absolute atomic E-state index is 0.0535. The molecular weight excluding hydrogens is 296 g/mol. The molecule has 0 amide bonds. The van der Waals surface area contributed by atoms with Crippen molar-refractivity contribution < 1.29 is 4.74 Å². The van der Waals surface area contributed by atoms with Crippen LogP contribution in [0.15, 0.2) is 53.3 Å². The van der Waals surface area contributed by atoms with Gasteiger partial charge in [-0.3, -0.25) is 9.36 Å². The fourth-order valence-corrected chi connectivity index (χ4v) is 2.76. The Hall–Kier alpha value is -2.40. The van der Waals surface area contributed by atoms with Crippen molar-refractivity contribution in [1.29, 1.82) is 0 Å². The summed E-state index contributed by atoms with van der Waals surface area (Å²) in [6, 6.07) is 15.2. The Morgan fingerprint density at radius 1 is 1.18 bits per heavy atom. The topological polar surface area (TPSA) is 47.0 Å². The number of ether oxygens (including phenoxy) is 1.